The van der Waals surface area contributed by atoms with Crippen LogP contribution in [0.15, 0.2) is 29.4 Å². The number of esters is 1. The molecule has 0 unspecified atom stereocenters. The standard InChI is InChI=1S/C15H14N2O5/c1-3-21-15(20)11-10-12(22-16-11)14(19)17(13(10)18)9-6-4-8(2)5-7-9/h4-7,10,12H,3H2,1-2H3/t10-,12+/m1/s1. The minimum absolute atomic E-state index is 0.152. The zero-order valence-electron chi connectivity index (χ0n) is 12.1. The fourth-order valence-corrected chi connectivity index (χ4v) is 2.50. The second kappa shape index (κ2) is 5.25. The van der Waals surface area contributed by atoms with E-state index in [0.717, 1.165) is 10.5 Å². The van der Waals surface area contributed by atoms with Crippen LogP contribution in [0.5, 0.6) is 0 Å². The summed E-state index contributed by atoms with van der Waals surface area (Å²) in [6.07, 6.45) is -1.09. The van der Waals surface area contributed by atoms with Gasteiger partial charge in [-0.1, -0.05) is 22.9 Å². The number of anilines is 1. The summed E-state index contributed by atoms with van der Waals surface area (Å²) >= 11 is 0. The zero-order valence-corrected chi connectivity index (χ0v) is 12.1. The van der Waals surface area contributed by atoms with Crippen molar-refractivity contribution in [2.45, 2.75) is 20.0 Å². The zero-order chi connectivity index (χ0) is 15.9. The molecule has 2 atom stereocenters. The fraction of sp³-hybridized carbons (Fsp3) is 0.333. The molecule has 0 aromatic heterocycles. The lowest BCUT2D eigenvalue weighted by molar-refractivity contribution is -0.136. The summed E-state index contributed by atoms with van der Waals surface area (Å²) in [5, 5.41) is 3.56. The maximum Gasteiger partial charge on any atom is 0.357 e. The van der Waals surface area contributed by atoms with Gasteiger partial charge in [-0.3, -0.25) is 9.59 Å². The van der Waals surface area contributed by atoms with Gasteiger partial charge in [0.25, 0.3) is 5.91 Å². The van der Waals surface area contributed by atoms with Crippen LogP contribution >= 0.6 is 0 Å². The molecule has 7 nitrogen and oxygen atoms in total. The van der Waals surface area contributed by atoms with Gasteiger partial charge in [0.1, 0.15) is 5.92 Å². The fourth-order valence-electron chi connectivity index (χ4n) is 2.50. The van der Waals surface area contributed by atoms with Gasteiger partial charge in [0.2, 0.25) is 12.0 Å². The van der Waals surface area contributed by atoms with Gasteiger partial charge in [-0.05, 0) is 26.0 Å². The topological polar surface area (TPSA) is 85.3 Å². The number of benzene rings is 1. The number of aryl methyl sites for hydroxylation is 1. The molecule has 0 bridgehead atoms. The Balaban J connectivity index is 1.91. The summed E-state index contributed by atoms with van der Waals surface area (Å²) in [7, 11) is 0. The van der Waals surface area contributed by atoms with Gasteiger partial charge in [0.15, 0.2) is 5.71 Å². The molecule has 0 radical (unpaired) electrons. The molecule has 0 N–H and O–H groups in total. The molecule has 7 heteroatoms. The molecule has 2 aliphatic rings. The Morgan fingerprint density at radius 3 is 2.59 bits per heavy atom. The molecule has 114 valence electrons. The van der Waals surface area contributed by atoms with Crippen LogP contribution in [-0.2, 0) is 24.0 Å². The van der Waals surface area contributed by atoms with E-state index in [1.165, 1.54) is 0 Å². The minimum Gasteiger partial charge on any atom is -0.461 e. The quantitative estimate of drug-likeness (QED) is 0.609. The molecule has 1 saturated heterocycles. The third-order valence-corrected chi connectivity index (χ3v) is 3.59. The number of amides is 2. The first-order valence-corrected chi connectivity index (χ1v) is 6.90. The predicted molar refractivity (Wildman–Crippen MR) is 76.1 cm³/mol. The molecule has 1 aromatic rings. The van der Waals surface area contributed by atoms with Crippen molar-refractivity contribution in [3.8, 4) is 0 Å². The van der Waals surface area contributed by atoms with E-state index in [4.69, 9.17) is 9.57 Å². The first kappa shape index (κ1) is 14.2. The summed E-state index contributed by atoms with van der Waals surface area (Å²) in [5.41, 5.74) is 1.30. The van der Waals surface area contributed by atoms with E-state index in [9.17, 15) is 14.4 Å². The number of ether oxygens (including phenoxy) is 1. The molecule has 1 fully saturated rings. The number of carbonyl (C=O) groups excluding carboxylic acids is 3. The van der Waals surface area contributed by atoms with Crippen molar-refractivity contribution < 1.29 is 24.0 Å². The largest absolute Gasteiger partial charge is 0.461 e. The maximum atomic E-state index is 12.5. The average Bonchev–Trinajstić information content (AvgIpc) is 3.03. The summed E-state index contributed by atoms with van der Waals surface area (Å²) in [6.45, 7) is 3.70. The molecule has 22 heavy (non-hydrogen) atoms. The average molecular weight is 302 g/mol. The number of imide groups is 1. The van der Waals surface area contributed by atoms with E-state index >= 15 is 0 Å². The van der Waals surface area contributed by atoms with E-state index in [-0.39, 0.29) is 12.3 Å². The summed E-state index contributed by atoms with van der Waals surface area (Å²) in [4.78, 5) is 42.7. The molecule has 0 aliphatic carbocycles. The van der Waals surface area contributed by atoms with E-state index < -0.39 is 29.8 Å². The second-order valence-corrected chi connectivity index (χ2v) is 5.05. The number of rotatable bonds is 3. The molecular formula is C15H14N2O5. The monoisotopic (exact) mass is 302 g/mol. The molecule has 2 aliphatic heterocycles. The van der Waals surface area contributed by atoms with Crippen LogP contribution in [0.1, 0.15) is 12.5 Å². The van der Waals surface area contributed by atoms with Gasteiger partial charge < -0.3 is 9.57 Å². The molecule has 2 heterocycles. The highest BCUT2D eigenvalue weighted by Gasteiger charge is 2.58. The first-order valence-electron chi connectivity index (χ1n) is 6.90. The normalized spacial score (nSPS) is 23.2. The third kappa shape index (κ3) is 2.05. The van der Waals surface area contributed by atoms with Crippen LogP contribution in [0, 0.1) is 12.8 Å². The molecule has 3 rings (SSSR count). The molecule has 0 spiro atoms. The lowest BCUT2D eigenvalue weighted by atomic mass is 10.00. The highest BCUT2D eigenvalue weighted by molar-refractivity contribution is 6.46. The number of fused-ring (bicyclic) bond motifs is 1. The van der Waals surface area contributed by atoms with Crippen molar-refractivity contribution >= 4 is 29.2 Å². The smallest absolute Gasteiger partial charge is 0.357 e. The predicted octanol–water partition coefficient (Wildman–Crippen LogP) is 0.802. The van der Waals surface area contributed by atoms with E-state index in [1.807, 2.05) is 6.92 Å². The molecule has 1 aromatic carbocycles. The van der Waals surface area contributed by atoms with E-state index in [1.54, 1.807) is 31.2 Å². The van der Waals surface area contributed by atoms with Crippen LogP contribution in [0.2, 0.25) is 0 Å². The summed E-state index contributed by atoms with van der Waals surface area (Å²) in [6, 6.07) is 6.94. The van der Waals surface area contributed by atoms with Gasteiger partial charge in [-0.25, -0.2) is 9.69 Å². The first-order chi connectivity index (χ1) is 10.5. The van der Waals surface area contributed by atoms with Crippen LogP contribution in [0.3, 0.4) is 0 Å². The molecule has 0 saturated carbocycles. The highest BCUT2D eigenvalue weighted by atomic mass is 16.7. The van der Waals surface area contributed by atoms with E-state index in [0.29, 0.717) is 5.69 Å². The Kier molecular flexibility index (Phi) is 3.40. The maximum absolute atomic E-state index is 12.5. The summed E-state index contributed by atoms with van der Waals surface area (Å²) in [5.74, 6) is -2.82. The number of carbonyl (C=O) groups is 3. The van der Waals surface area contributed by atoms with Gasteiger partial charge in [0.05, 0.1) is 12.3 Å². The van der Waals surface area contributed by atoms with Gasteiger partial charge >= 0.3 is 5.97 Å². The third-order valence-electron chi connectivity index (χ3n) is 3.59. The van der Waals surface area contributed by atoms with Crippen molar-refractivity contribution in [3.63, 3.8) is 0 Å². The van der Waals surface area contributed by atoms with Crippen molar-refractivity contribution in [1.29, 1.82) is 0 Å². The van der Waals surface area contributed by atoms with Crippen molar-refractivity contribution in [2.75, 3.05) is 11.5 Å². The Labute approximate surface area is 126 Å². The lowest BCUT2D eigenvalue weighted by Crippen LogP contribution is -2.35. The summed E-state index contributed by atoms with van der Waals surface area (Å²) < 4.78 is 4.84. The molecular weight excluding hydrogens is 288 g/mol. The Bertz CT molecular complexity index is 680. The van der Waals surface area contributed by atoms with Gasteiger partial charge in [-0.2, -0.15) is 0 Å². The Hall–Kier alpha value is -2.70. The SMILES string of the molecule is CCOC(=O)C1=NO[C@@H]2C(=O)N(c3ccc(C)cc3)C(=O)[C@H]12. The van der Waals surface area contributed by atoms with Gasteiger partial charge in [0, 0.05) is 0 Å². The Morgan fingerprint density at radius 2 is 1.95 bits per heavy atom. The minimum atomic E-state index is -1.09. The second-order valence-electron chi connectivity index (χ2n) is 5.05. The van der Waals surface area contributed by atoms with Crippen molar-refractivity contribution in [3.05, 3.63) is 29.8 Å². The van der Waals surface area contributed by atoms with Gasteiger partial charge in [-0.15, -0.1) is 0 Å². The lowest BCUT2D eigenvalue weighted by Gasteiger charge is -2.15. The van der Waals surface area contributed by atoms with Crippen molar-refractivity contribution in [1.82, 2.24) is 0 Å². The van der Waals surface area contributed by atoms with Crippen molar-refractivity contribution in [2.24, 2.45) is 11.1 Å². The van der Waals surface area contributed by atoms with Crippen LogP contribution in [0.25, 0.3) is 0 Å². The van der Waals surface area contributed by atoms with E-state index in [2.05, 4.69) is 5.16 Å². The van der Waals surface area contributed by atoms with Crippen LogP contribution < -0.4 is 4.90 Å². The molecule has 2 amide bonds. The Morgan fingerprint density at radius 1 is 1.27 bits per heavy atom. The highest BCUT2D eigenvalue weighted by Crippen LogP contribution is 2.33. The van der Waals surface area contributed by atoms with Crippen LogP contribution in [-0.4, -0.2) is 36.2 Å². The number of hydrogen-bond donors (Lipinski definition) is 0. The van der Waals surface area contributed by atoms with Crippen LogP contribution in [0.4, 0.5) is 5.69 Å². The number of hydrogen-bond acceptors (Lipinski definition) is 6. The number of oxime groups is 1. The number of nitrogens with zero attached hydrogens (tertiary/aromatic N) is 2.